The molecule has 1 fully saturated rings. The van der Waals surface area contributed by atoms with Gasteiger partial charge in [-0.15, -0.1) is 11.3 Å². The number of anilines is 1. The van der Waals surface area contributed by atoms with Crippen molar-refractivity contribution in [3.05, 3.63) is 11.1 Å². The van der Waals surface area contributed by atoms with Crippen LogP contribution in [0.5, 0.6) is 0 Å². The minimum atomic E-state index is 0.0558. The summed E-state index contributed by atoms with van der Waals surface area (Å²) in [7, 11) is 0. The van der Waals surface area contributed by atoms with E-state index in [-0.39, 0.29) is 5.78 Å². The van der Waals surface area contributed by atoms with Gasteiger partial charge in [0.25, 0.3) is 0 Å². The zero-order valence-corrected chi connectivity index (χ0v) is 10.9. The fourth-order valence-electron chi connectivity index (χ4n) is 2.16. The van der Waals surface area contributed by atoms with Crippen molar-refractivity contribution in [3.63, 3.8) is 0 Å². The van der Waals surface area contributed by atoms with Crippen molar-refractivity contribution in [1.29, 1.82) is 0 Å². The maximum atomic E-state index is 11.2. The van der Waals surface area contributed by atoms with Crippen molar-refractivity contribution >= 4 is 22.3 Å². The fraction of sp³-hybridized carbons (Fsp3) is 0.667. The van der Waals surface area contributed by atoms with Gasteiger partial charge in [0.15, 0.2) is 10.9 Å². The molecule has 3 nitrogen and oxygen atoms in total. The first kappa shape index (κ1) is 11.6. The fourth-order valence-corrected chi connectivity index (χ4v) is 3.14. The third kappa shape index (κ3) is 2.12. The molecule has 1 aromatic rings. The van der Waals surface area contributed by atoms with E-state index in [9.17, 15) is 4.79 Å². The van der Waals surface area contributed by atoms with E-state index in [4.69, 9.17) is 0 Å². The molecule has 1 aliphatic heterocycles. The van der Waals surface area contributed by atoms with E-state index in [1.807, 2.05) is 5.38 Å². The Kier molecular flexibility index (Phi) is 3.28. The summed E-state index contributed by atoms with van der Waals surface area (Å²) in [4.78, 5) is 18.0. The molecule has 1 saturated heterocycles. The van der Waals surface area contributed by atoms with Gasteiger partial charge in [0.2, 0.25) is 0 Å². The highest BCUT2D eigenvalue weighted by Gasteiger charge is 2.26. The van der Waals surface area contributed by atoms with Gasteiger partial charge < -0.3 is 4.90 Å². The molecule has 0 amide bonds. The number of Topliss-reactive ketones (excluding diaryl/α,β-unsaturated/α-hetero) is 1. The second-order valence-electron chi connectivity index (χ2n) is 4.63. The number of hydrogen-bond donors (Lipinski definition) is 0. The van der Waals surface area contributed by atoms with Gasteiger partial charge in [-0.05, 0) is 25.7 Å². The average molecular weight is 238 g/mol. The lowest BCUT2D eigenvalue weighted by atomic mass is 9.93. The predicted octanol–water partition coefficient (Wildman–Crippen LogP) is 2.97. The van der Waals surface area contributed by atoms with Gasteiger partial charge in [-0.25, -0.2) is 4.98 Å². The second kappa shape index (κ2) is 4.53. The zero-order chi connectivity index (χ0) is 11.7. The lowest BCUT2D eigenvalue weighted by Gasteiger charge is -2.37. The summed E-state index contributed by atoms with van der Waals surface area (Å²) in [5.74, 6) is 0.763. The number of thiazole rings is 1. The molecule has 0 radical (unpaired) electrons. The maximum Gasteiger partial charge on any atom is 0.186 e. The molecule has 0 bridgehead atoms. The molecule has 0 aliphatic carbocycles. The van der Waals surface area contributed by atoms with Crippen LogP contribution in [0.2, 0.25) is 0 Å². The molecule has 4 heteroatoms. The van der Waals surface area contributed by atoms with Crippen LogP contribution in [0.1, 0.15) is 44.1 Å². The number of piperidine rings is 1. The van der Waals surface area contributed by atoms with Crippen molar-refractivity contribution in [3.8, 4) is 0 Å². The number of nitrogens with zero attached hydrogens (tertiary/aromatic N) is 2. The first-order valence-electron chi connectivity index (χ1n) is 5.82. The quantitative estimate of drug-likeness (QED) is 0.743. The van der Waals surface area contributed by atoms with Crippen LogP contribution < -0.4 is 4.90 Å². The average Bonchev–Trinajstić information content (AvgIpc) is 2.71. The number of carbonyl (C=O) groups is 1. The topological polar surface area (TPSA) is 33.2 Å². The summed E-state index contributed by atoms with van der Waals surface area (Å²) >= 11 is 1.58. The number of ketones is 1. The Hall–Kier alpha value is -0.900. The van der Waals surface area contributed by atoms with Crippen LogP contribution in [0.15, 0.2) is 5.38 Å². The molecule has 2 atom stereocenters. The molecule has 88 valence electrons. The van der Waals surface area contributed by atoms with Gasteiger partial charge >= 0.3 is 0 Å². The highest BCUT2D eigenvalue weighted by molar-refractivity contribution is 7.13. The Morgan fingerprint density at radius 3 is 2.94 bits per heavy atom. The van der Waals surface area contributed by atoms with E-state index < -0.39 is 0 Å². The Labute approximate surface area is 100 Å². The SMILES string of the molecule is CC(=O)c1csc(N2CCCC(C)C2C)n1. The van der Waals surface area contributed by atoms with E-state index in [2.05, 4.69) is 23.7 Å². The number of rotatable bonds is 2. The summed E-state index contributed by atoms with van der Waals surface area (Å²) < 4.78 is 0. The molecule has 2 heterocycles. The van der Waals surface area contributed by atoms with Crippen molar-refractivity contribution in [2.45, 2.75) is 39.7 Å². The summed E-state index contributed by atoms with van der Waals surface area (Å²) in [6.45, 7) is 7.17. The second-order valence-corrected chi connectivity index (χ2v) is 5.46. The summed E-state index contributed by atoms with van der Waals surface area (Å²) in [6.07, 6.45) is 2.52. The van der Waals surface area contributed by atoms with Crippen molar-refractivity contribution in [2.24, 2.45) is 5.92 Å². The van der Waals surface area contributed by atoms with Gasteiger partial charge in [0.05, 0.1) is 0 Å². The molecule has 16 heavy (non-hydrogen) atoms. The molecule has 0 saturated carbocycles. The first-order valence-corrected chi connectivity index (χ1v) is 6.70. The van der Waals surface area contributed by atoms with Gasteiger partial charge in [0.1, 0.15) is 5.69 Å². The van der Waals surface area contributed by atoms with E-state index in [1.165, 1.54) is 12.8 Å². The van der Waals surface area contributed by atoms with Gasteiger partial charge in [-0.2, -0.15) is 0 Å². The highest BCUT2D eigenvalue weighted by atomic mass is 32.1. The third-order valence-electron chi connectivity index (χ3n) is 3.47. The summed E-state index contributed by atoms with van der Waals surface area (Å²) in [6, 6.07) is 0.528. The summed E-state index contributed by atoms with van der Waals surface area (Å²) in [5, 5.41) is 2.87. The molecule has 2 rings (SSSR count). The Morgan fingerprint density at radius 1 is 1.56 bits per heavy atom. The molecule has 1 aliphatic rings. The largest absolute Gasteiger partial charge is 0.345 e. The molecule has 0 spiro atoms. The van der Waals surface area contributed by atoms with E-state index in [0.29, 0.717) is 17.7 Å². The number of aromatic nitrogens is 1. The number of hydrogen-bond acceptors (Lipinski definition) is 4. The van der Waals surface area contributed by atoms with Crippen molar-refractivity contribution in [2.75, 3.05) is 11.4 Å². The Bertz CT molecular complexity index is 388. The molecule has 0 aromatic carbocycles. The standard InChI is InChI=1S/C12H18N2OS/c1-8-5-4-6-14(9(8)2)12-13-11(7-16-12)10(3)15/h7-9H,4-6H2,1-3H3. The van der Waals surface area contributed by atoms with Crippen molar-refractivity contribution in [1.82, 2.24) is 4.98 Å². The summed E-state index contributed by atoms with van der Waals surface area (Å²) in [5.41, 5.74) is 0.602. The third-order valence-corrected chi connectivity index (χ3v) is 4.35. The highest BCUT2D eigenvalue weighted by Crippen LogP contribution is 2.30. The molecule has 1 aromatic heterocycles. The van der Waals surface area contributed by atoms with Gasteiger partial charge in [0, 0.05) is 24.9 Å². The van der Waals surface area contributed by atoms with Gasteiger partial charge in [-0.1, -0.05) is 6.92 Å². The van der Waals surface area contributed by atoms with Crippen molar-refractivity contribution < 1.29 is 4.79 Å². The molecular weight excluding hydrogens is 220 g/mol. The van der Waals surface area contributed by atoms with Crippen LogP contribution in [-0.2, 0) is 0 Å². The van der Waals surface area contributed by atoms with E-state index in [1.54, 1.807) is 18.3 Å². The van der Waals surface area contributed by atoms with Crippen LogP contribution in [0.3, 0.4) is 0 Å². The zero-order valence-electron chi connectivity index (χ0n) is 10.1. The van der Waals surface area contributed by atoms with Crippen LogP contribution >= 0.6 is 11.3 Å². The Balaban J connectivity index is 2.19. The monoisotopic (exact) mass is 238 g/mol. The van der Waals surface area contributed by atoms with E-state index >= 15 is 0 Å². The molecule has 0 N–H and O–H groups in total. The maximum absolute atomic E-state index is 11.2. The minimum Gasteiger partial charge on any atom is -0.345 e. The normalized spacial score (nSPS) is 25.8. The van der Waals surface area contributed by atoms with E-state index in [0.717, 1.165) is 11.7 Å². The first-order chi connectivity index (χ1) is 7.59. The smallest absolute Gasteiger partial charge is 0.186 e. The van der Waals surface area contributed by atoms with Crippen LogP contribution in [0, 0.1) is 5.92 Å². The van der Waals surface area contributed by atoms with Gasteiger partial charge in [-0.3, -0.25) is 4.79 Å². The van der Waals surface area contributed by atoms with Crippen LogP contribution in [0.25, 0.3) is 0 Å². The lowest BCUT2D eigenvalue weighted by molar-refractivity contribution is 0.101. The minimum absolute atomic E-state index is 0.0558. The molecule has 2 unspecified atom stereocenters. The predicted molar refractivity (Wildman–Crippen MR) is 67.3 cm³/mol. The Morgan fingerprint density at radius 2 is 2.31 bits per heavy atom. The van der Waals surface area contributed by atoms with Crippen LogP contribution in [-0.4, -0.2) is 23.4 Å². The van der Waals surface area contributed by atoms with Crippen LogP contribution in [0.4, 0.5) is 5.13 Å². The molecular formula is C12H18N2OS. The lowest BCUT2D eigenvalue weighted by Crippen LogP contribution is -2.42. The number of carbonyl (C=O) groups excluding carboxylic acids is 1.